The summed E-state index contributed by atoms with van der Waals surface area (Å²) in [5.41, 5.74) is 6.93. The summed E-state index contributed by atoms with van der Waals surface area (Å²) < 4.78 is 0. The lowest BCUT2D eigenvalue weighted by Gasteiger charge is -2.27. The molecular weight excluding hydrogens is 424 g/mol. The van der Waals surface area contributed by atoms with Gasteiger partial charge in [-0.05, 0) is 60.6 Å². The number of aryl methyl sites for hydroxylation is 1. The number of carbonyl (C=O) groups excluding carboxylic acids is 1. The van der Waals surface area contributed by atoms with Crippen LogP contribution in [0, 0.1) is 0 Å². The maximum absolute atomic E-state index is 12.9. The fourth-order valence-electron chi connectivity index (χ4n) is 5.55. The van der Waals surface area contributed by atoms with Crippen molar-refractivity contribution >= 4 is 16.8 Å². The third-order valence-corrected chi connectivity index (χ3v) is 7.24. The van der Waals surface area contributed by atoms with E-state index in [1.807, 2.05) is 18.2 Å². The van der Waals surface area contributed by atoms with Gasteiger partial charge in [-0.2, -0.15) is 0 Å². The lowest BCUT2D eigenvalue weighted by Crippen LogP contribution is -2.35. The van der Waals surface area contributed by atoms with Crippen LogP contribution in [-0.2, 0) is 25.9 Å². The zero-order chi connectivity index (χ0) is 23.1. The lowest BCUT2D eigenvalue weighted by molar-refractivity contribution is 0.0931. The van der Waals surface area contributed by atoms with Crippen molar-refractivity contribution in [3.05, 3.63) is 105 Å². The molecule has 1 amide bonds. The first-order chi connectivity index (χ1) is 16.7. The highest BCUT2D eigenvalue weighted by atomic mass is 16.2. The van der Waals surface area contributed by atoms with E-state index in [0.717, 1.165) is 50.0 Å². The molecule has 0 spiro atoms. The van der Waals surface area contributed by atoms with Gasteiger partial charge in [0.05, 0.1) is 6.04 Å². The third-order valence-electron chi connectivity index (χ3n) is 7.24. The van der Waals surface area contributed by atoms with Gasteiger partial charge in [0.25, 0.3) is 11.5 Å². The Morgan fingerprint density at radius 3 is 2.76 bits per heavy atom. The molecule has 0 saturated carbocycles. The van der Waals surface area contributed by atoms with Crippen LogP contribution < -0.4 is 10.9 Å². The normalized spacial score (nSPS) is 17.8. The molecule has 2 aliphatic rings. The molecule has 2 aromatic carbocycles. The average molecular weight is 453 g/mol. The van der Waals surface area contributed by atoms with Crippen LogP contribution in [0.1, 0.15) is 57.3 Å². The Morgan fingerprint density at radius 1 is 1.00 bits per heavy atom. The maximum Gasteiger partial charge on any atom is 0.261 e. The molecule has 1 unspecified atom stereocenters. The van der Waals surface area contributed by atoms with E-state index in [2.05, 4.69) is 56.6 Å². The molecule has 0 saturated heterocycles. The van der Waals surface area contributed by atoms with Crippen LogP contribution in [0.5, 0.6) is 0 Å². The minimum atomic E-state index is -0.331. The molecule has 172 valence electrons. The van der Waals surface area contributed by atoms with Gasteiger partial charge >= 0.3 is 0 Å². The van der Waals surface area contributed by atoms with E-state index >= 15 is 0 Å². The summed E-state index contributed by atoms with van der Waals surface area (Å²) >= 11 is 0. The van der Waals surface area contributed by atoms with Crippen molar-refractivity contribution in [1.82, 2.24) is 20.2 Å². The highest BCUT2D eigenvalue weighted by molar-refractivity contribution is 5.94. The van der Waals surface area contributed by atoms with Crippen LogP contribution >= 0.6 is 0 Å². The topological polar surface area (TPSA) is 81.0 Å². The molecule has 2 aromatic heterocycles. The summed E-state index contributed by atoms with van der Waals surface area (Å²) in [6.45, 7) is 2.39. The van der Waals surface area contributed by atoms with Gasteiger partial charge in [-0.25, -0.2) is 0 Å². The van der Waals surface area contributed by atoms with Crippen molar-refractivity contribution in [1.29, 1.82) is 0 Å². The van der Waals surface area contributed by atoms with Gasteiger partial charge in [-0.1, -0.05) is 42.5 Å². The Balaban J connectivity index is 1.15. The number of carbonyl (C=O) groups is 1. The summed E-state index contributed by atoms with van der Waals surface area (Å²) in [4.78, 5) is 34.5. The van der Waals surface area contributed by atoms with E-state index in [-0.39, 0.29) is 23.1 Å². The van der Waals surface area contributed by atoms with E-state index in [0.29, 0.717) is 6.54 Å². The van der Waals surface area contributed by atoms with Gasteiger partial charge in [0.1, 0.15) is 5.56 Å². The highest BCUT2D eigenvalue weighted by Gasteiger charge is 2.24. The van der Waals surface area contributed by atoms with Gasteiger partial charge in [0.15, 0.2) is 0 Å². The van der Waals surface area contributed by atoms with Crippen molar-refractivity contribution in [2.75, 3.05) is 6.54 Å². The van der Waals surface area contributed by atoms with Crippen LogP contribution in [0.4, 0.5) is 0 Å². The quantitative estimate of drug-likeness (QED) is 0.434. The molecule has 6 rings (SSSR count). The van der Waals surface area contributed by atoms with Crippen molar-refractivity contribution in [3.63, 3.8) is 0 Å². The molecular formula is C28H28N4O2. The first-order valence-corrected chi connectivity index (χ1v) is 12.1. The van der Waals surface area contributed by atoms with E-state index in [1.54, 1.807) is 6.07 Å². The predicted octanol–water partition coefficient (Wildman–Crippen LogP) is 4.22. The van der Waals surface area contributed by atoms with Crippen LogP contribution in [0.2, 0.25) is 0 Å². The molecule has 6 nitrogen and oxygen atoms in total. The lowest BCUT2D eigenvalue weighted by atomic mass is 9.87. The molecule has 1 aliphatic heterocycles. The van der Waals surface area contributed by atoms with Crippen molar-refractivity contribution < 1.29 is 4.79 Å². The molecule has 3 N–H and O–H groups in total. The summed E-state index contributed by atoms with van der Waals surface area (Å²) in [7, 11) is 0. The van der Waals surface area contributed by atoms with Gasteiger partial charge in [0, 0.05) is 41.9 Å². The van der Waals surface area contributed by atoms with Crippen molar-refractivity contribution in [2.24, 2.45) is 0 Å². The molecule has 6 heteroatoms. The summed E-state index contributed by atoms with van der Waals surface area (Å²) in [5.74, 6) is -0.310. The molecule has 1 atom stereocenters. The molecule has 3 heterocycles. The number of nitrogens with one attached hydrogen (secondary N) is 3. The number of amides is 1. The maximum atomic E-state index is 12.9. The van der Waals surface area contributed by atoms with Crippen LogP contribution in [-0.4, -0.2) is 27.3 Å². The number of aromatic nitrogens is 2. The van der Waals surface area contributed by atoms with Gasteiger partial charge in [0.2, 0.25) is 0 Å². The Hall–Kier alpha value is -3.64. The monoisotopic (exact) mass is 452 g/mol. The number of hydrogen-bond donors (Lipinski definition) is 3. The second-order valence-electron chi connectivity index (χ2n) is 9.43. The second kappa shape index (κ2) is 8.61. The van der Waals surface area contributed by atoms with Crippen molar-refractivity contribution in [3.8, 4) is 0 Å². The van der Waals surface area contributed by atoms with Gasteiger partial charge in [-0.3, -0.25) is 14.5 Å². The molecule has 34 heavy (non-hydrogen) atoms. The number of aromatic amines is 2. The Labute approximate surface area is 198 Å². The van der Waals surface area contributed by atoms with Crippen molar-refractivity contribution in [2.45, 2.75) is 44.8 Å². The summed E-state index contributed by atoms with van der Waals surface area (Å²) in [5, 5.41) is 4.39. The molecule has 4 aromatic rings. The average Bonchev–Trinajstić information content (AvgIpc) is 3.22. The molecule has 0 fully saturated rings. The van der Waals surface area contributed by atoms with E-state index in [1.165, 1.54) is 27.7 Å². The standard InChI is InChI=1S/C28H28N4O2/c33-27-23(28(34)31-24-11-5-7-18-6-1-2-8-20(18)24)13-12-19(29-27)16-32-15-14-22-21-9-3-4-10-25(21)30-26(22)17-32/h1-4,6,8-10,12-13,24,30H,5,7,11,14-17H2,(H,29,33)(H,31,34). The molecule has 0 radical (unpaired) electrons. The fourth-order valence-corrected chi connectivity index (χ4v) is 5.55. The van der Waals surface area contributed by atoms with Crippen LogP contribution in [0.25, 0.3) is 10.9 Å². The van der Waals surface area contributed by atoms with Gasteiger partial charge < -0.3 is 15.3 Å². The van der Waals surface area contributed by atoms with Crippen LogP contribution in [0.3, 0.4) is 0 Å². The number of pyridine rings is 1. The number of hydrogen-bond acceptors (Lipinski definition) is 3. The molecule has 0 bridgehead atoms. The minimum Gasteiger partial charge on any atom is -0.357 e. The Bertz CT molecular complexity index is 1430. The second-order valence-corrected chi connectivity index (χ2v) is 9.43. The Morgan fingerprint density at radius 2 is 1.85 bits per heavy atom. The molecule has 1 aliphatic carbocycles. The summed E-state index contributed by atoms with van der Waals surface area (Å²) in [6, 6.07) is 20.1. The highest BCUT2D eigenvalue weighted by Crippen LogP contribution is 2.30. The SMILES string of the molecule is O=C(NC1CCCc2ccccc21)c1ccc(CN2CCc3c([nH]c4ccccc34)C2)[nH]c1=O. The first kappa shape index (κ1) is 20.9. The van der Waals surface area contributed by atoms with E-state index in [4.69, 9.17) is 0 Å². The van der Waals surface area contributed by atoms with E-state index in [9.17, 15) is 9.59 Å². The minimum absolute atomic E-state index is 0.0459. The predicted molar refractivity (Wildman–Crippen MR) is 133 cm³/mol. The number of H-pyrrole nitrogens is 2. The number of para-hydroxylation sites is 1. The zero-order valence-electron chi connectivity index (χ0n) is 19.1. The summed E-state index contributed by atoms with van der Waals surface area (Å²) in [6.07, 6.45) is 3.94. The first-order valence-electron chi connectivity index (χ1n) is 12.1. The van der Waals surface area contributed by atoms with E-state index < -0.39 is 0 Å². The van der Waals surface area contributed by atoms with Gasteiger partial charge in [-0.15, -0.1) is 0 Å². The number of rotatable bonds is 4. The zero-order valence-corrected chi connectivity index (χ0v) is 19.1. The largest absolute Gasteiger partial charge is 0.357 e. The number of nitrogens with zero attached hydrogens (tertiary/aromatic N) is 1. The number of benzene rings is 2. The number of fused-ring (bicyclic) bond motifs is 4. The fraction of sp³-hybridized carbons (Fsp3) is 0.286. The van der Waals surface area contributed by atoms with Crippen LogP contribution in [0.15, 0.2) is 65.5 Å². The Kier molecular flexibility index (Phi) is 5.30. The smallest absolute Gasteiger partial charge is 0.261 e. The third kappa shape index (κ3) is 3.84.